The fraction of sp³-hybridized carbons (Fsp3) is 0.667. The summed E-state index contributed by atoms with van der Waals surface area (Å²) >= 11 is 1.15. The van der Waals surface area contributed by atoms with E-state index in [1.165, 1.54) is 0 Å². The summed E-state index contributed by atoms with van der Waals surface area (Å²) in [7, 11) is 0. The van der Waals surface area contributed by atoms with E-state index in [9.17, 15) is 18.0 Å². The van der Waals surface area contributed by atoms with E-state index >= 15 is 0 Å². The Hall–Kier alpha value is -1.38. The van der Waals surface area contributed by atoms with Crippen LogP contribution in [0.5, 0.6) is 0 Å². The Morgan fingerprint density at radius 3 is 2.72 bits per heavy atom. The minimum absolute atomic E-state index is 0.0208. The van der Waals surface area contributed by atoms with Gasteiger partial charge in [0, 0.05) is 19.0 Å². The van der Waals surface area contributed by atoms with Crippen LogP contribution in [0.3, 0.4) is 0 Å². The number of rotatable bonds is 1. The lowest BCUT2D eigenvalue weighted by atomic mass is 9.99. The third-order valence-electron chi connectivity index (χ3n) is 2.76. The molecule has 1 amide bonds. The number of nitrogens with zero attached hydrogens (tertiary/aromatic N) is 3. The number of halogens is 3. The van der Waals surface area contributed by atoms with Crippen LogP contribution >= 0.6 is 11.3 Å². The number of piperidine rings is 1. The normalized spacial score (nSPS) is 21.1. The second-order valence-electron chi connectivity index (χ2n) is 4.07. The largest absolute Gasteiger partial charge is 0.471 e. The molecule has 2 heterocycles. The van der Waals surface area contributed by atoms with Crippen molar-refractivity contribution in [3.63, 3.8) is 0 Å². The van der Waals surface area contributed by atoms with Gasteiger partial charge in [0.2, 0.25) is 5.13 Å². The fourth-order valence-corrected chi connectivity index (χ4v) is 2.69. The van der Waals surface area contributed by atoms with Crippen molar-refractivity contribution in [1.82, 2.24) is 15.1 Å². The SMILES string of the molecule is Nc1nnc([C@H]2CCCN(C(=O)C(F)(F)F)C2)s1. The van der Waals surface area contributed by atoms with Crippen molar-refractivity contribution in [3.05, 3.63) is 5.01 Å². The standard InChI is InChI=1S/C9H11F3N4OS/c10-9(11,12)7(17)16-3-1-2-5(4-16)6-14-15-8(13)18-6/h5H,1-4H2,(H2,13,15)/t5-/m0/s1. The first-order valence-electron chi connectivity index (χ1n) is 5.33. The highest BCUT2D eigenvalue weighted by atomic mass is 32.1. The maximum Gasteiger partial charge on any atom is 0.471 e. The molecule has 1 aliphatic rings. The second-order valence-corrected chi connectivity index (χ2v) is 5.11. The Morgan fingerprint density at radius 2 is 2.17 bits per heavy atom. The summed E-state index contributed by atoms with van der Waals surface area (Å²) in [6.45, 7) is 0.149. The number of likely N-dealkylation sites (tertiary alicyclic amines) is 1. The van der Waals surface area contributed by atoms with Crippen molar-refractivity contribution >= 4 is 22.4 Å². The molecule has 0 radical (unpaired) electrons. The highest BCUT2D eigenvalue weighted by Gasteiger charge is 2.44. The van der Waals surface area contributed by atoms with E-state index < -0.39 is 12.1 Å². The van der Waals surface area contributed by atoms with Crippen LogP contribution < -0.4 is 5.73 Å². The van der Waals surface area contributed by atoms with E-state index in [4.69, 9.17) is 5.73 Å². The summed E-state index contributed by atoms with van der Waals surface area (Å²) in [5, 5.41) is 8.32. The molecule has 0 aromatic carbocycles. The molecule has 1 aromatic rings. The Kier molecular flexibility index (Phi) is 3.42. The molecule has 18 heavy (non-hydrogen) atoms. The van der Waals surface area contributed by atoms with Crippen LogP contribution in [0.2, 0.25) is 0 Å². The van der Waals surface area contributed by atoms with Crippen LogP contribution in [0, 0.1) is 0 Å². The molecule has 0 unspecified atom stereocenters. The van der Waals surface area contributed by atoms with Crippen LogP contribution in [-0.2, 0) is 4.79 Å². The quantitative estimate of drug-likeness (QED) is 0.843. The third-order valence-corrected chi connectivity index (χ3v) is 3.67. The van der Waals surface area contributed by atoms with Crippen molar-refractivity contribution in [1.29, 1.82) is 0 Å². The predicted molar refractivity (Wildman–Crippen MR) is 58.9 cm³/mol. The highest BCUT2D eigenvalue weighted by molar-refractivity contribution is 7.15. The summed E-state index contributed by atoms with van der Waals surface area (Å²) < 4.78 is 37.0. The zero-order valence-corrected chi connectivity index (χ0v) is 10.1. The van der Waals surface area contributed by atoms with Crippen molar-refractivity contribution in [2.24, 2.45) is 0 Å². The molecule has 9 heteroatoms. The number of hydrogen-bond donors (Lipinski definition) is 1. The van der Waals surface area contributed by atoms with Crippen molar-refractivity contribution in [2.75, 3.05) is 18.8 Å². The van der Waals surface area contributed by atoms with Crippen molar-refractivity contribution < 1.29 is 18.0 Å². The Balaban J connectivity index is 2.07. The van der Waals surface area contributed by atoms with E-state index in [0.29, 0.717) is 17.8 Å². The number of nitrogen functional groups attached to an aromatic ring is 1. The molecule has 0 bridgehead atoms. The Bertz CT molecular complexity index is 447. The summed E-state index contributed by atoms with van der Waals surface area (Å²) in [6.07, 6.45) is -3.61. The fourth-order valence-electron chi connectivity index (χ4n) is 1.95. The van der Waals surface area contributed by atoms with Crippen LogP contribution in [0.4, 0.5) is 18.3 Å². The molecule has 2 N–H and O–H groups in total. The molecule has 0 saturated carbocycles. The van der Waals surface area contributed by atoms with Gasteiger partial charge in [-0.05, 0) is 12.8 Å². The summed E-state index contributed by atoms with van der Waals surface area (Å²) in [5.41, 5.74) is 5.43. The van der Waals surface area contributed by atoms with Gasteiger partial charge >= 0.3 is 12.1 Å². The summed E-state index contributed by atoms with van der Waals surface area (Å²) in [5.74, 6) is -2.00. The van der Waals surface area contributed by atoms with Gasteiger partial charge in [0.15, 0.2) is 0 Å². The minimum atomic E-state index is -4.82. The maximum absolute atomic E-state index is 12.3. The topological polar surface area (TPSA) is 72.1 Å². The monoisotopic (exact) mass is 280 g/mol. The number of carbonyl (C=O) groups excluding carboxylic acids is 1. The molecule has 0 spiro atoms. The van der Waals surface area contributed by atoms with E-state index in [0.717, 1.165) is 16.2 Å². The molecule has 2 rings (SSSR count). The molecule has 0 aliphatic carbocycles. The zero-order valence-electron chi connectivity index (χ0n) is 9.28. The highest BCUT2D eigenvalue weighted by Crippen LogP contribution is 2.31. The molecule has 1 saturated heterocycles. The Morgan fingerprint density at radius 1 is 1.44 bits per heavy atom. The average molecular weight is 280 g/mol. The first-order chi connectivity index (χ1) is 8.38. The van der Waals surface area contributed by atoms with Gasteiger partial charge in [0.05, 0.1) is 0 Å². The number of anilines is 1. The third kappa shape index (κ3) is 2.71. The van der Waals surface area contributed by atoms with Crippen LogP contribution in [0.15, 0.2) is 0 Å². The van der Waals surface area contributed by atoms with Gasteiger partial charge in [0.1, 0.15) is 5.01 Å². The van der Waals surface area contributed by atoms with E-state index in [1.807, 2.05) is 0 Å². The second kappa shape index (κ2) is 4.71. The smallest absolute Gasteiger partial charge is 0.374 e. The minimum Gasteiger partial charge on any atom is -0.374 e. The van der Waals surface area contributed by atoms with Crippen molar-refractivity contribution in [3.8, 4) is 0 Å². The van der Waals surface area contributed by atoms with Gasteiger partial charge in [0.25, 0.3) is 0 Å². The van der Waals surface area contributed by atoms with Gasteiger partial charge in [-0.25, -0.2) is 0 Å². The molecule has 1 atom stereocenters. The molecular weight excluding hydrogens is 269 g/mol. The molecule has 100 valence electrons. The number of nitrogens with two attached hydrogens (primary N) is 1. The number of aromatic nitrogens is 2. The number of amides is 1. The molecule has 1 fully saturated rings. The predicted octanol–water partition coefficient (Wildman–Crippen LogP) is 1.39. The van der Waals surface area contributed by atoms with Gasteiger partial charge < -0.3 is 10.6 Å². The van der Waals surface area contributed by atoms with E-state index in [2.05, 4.69) is 10.2 Å². The molecule has 5 nitrogen and oxygen atoms in total. The molecule has 1 aromatic heterocycles. The van der Waals surface area contributed by atoms with Crippen LogP contribution in [0.25, 0.3) is 0 Å². The number of carbonyl (C=O) groups is 1. The zero-order chi connectivity index (χ0) is 13.3. The van der Waals surface area contributed by atoms with Gasteiger partial charge in [-0.3, -0.25) is 4.79 Å². The van der Waals surface area contributed by atoms with Crippen LogP contribution in [-0.4, -0.2) is 40.3 Å². The lowest BCUT2D eigenvalue weighted by Crippen LogP contribution is -2.45. The Labute approximate surface area is 105 Å². The lowest BCUT2D eigenvalue weighted by molar-refractivity contribution is -0.186. The maximum atomic E-state index is 12.3. The average Bonchev–Trinajstić information content (AvgIpc) is 2.74. The first-order valence-corrected chi connectivity index (χ1v) is 6.14. The van der Waals surface area contributed by atoms with E-state index in [1.54, 1.807) is 0 Å². The number of alkyl halides is 3. The van der Waals surface area contributed by atoms with Gasteiger partial charge in [-0.1, -0.05) is 11.3 Å². The summed E-state index contributed by atoms with van der Waals surface area (Å²) in [6, 6.07) is 0. The van der Waals surface area contributed by atoms with Gasteiger partial charge in [-0.15, -0.1) is 10.2 Å². The first kappa shape index (κ1) is 13.1. The molecular formula is C9H11F3N4OS. The molecule has 1 aliphatic heterocycles. The number of hydrogen-bond acceptors (Lipinski definition) is 5. The van der Waals surface area contributed by atoms with Crippen molar-refractivity contribution in [2.45, 2.75) is 24.9 Å². The van der Waals surface area contributed by atoms with Crippen LogP contribution in [0.1, 0.15) is 23.8 Å². The lowest BCUT2D eigenvalue weighted by Gasteiger charge is -2.31. The summed E-state index contributed by atoms with van der Waals surface area (Å²) in [4.78, 5) is 12.0. The van der Waals surface area contributed by atoms with Gasteiger partial charge in [-0.2, -0.15) is 13.2 Å². The van der Waals surface area contributed by atoms with E-state index in [-0.39, 0.29) is 24.1 Å².